The molecule has 1 aromatic carbocycles. The molecule has 9 heteroatoms. The molecule has 0 radical (unpaired) electrons. The van der Waals surface area contributed by atoms with Crippen molar-refractivity contribution >= 4 is 12.0 Å². The molecular formula is C21H17F3N4O2. The maximum absolute atomic E-state index is 12.9. The van der Waals surface area contributed by atoms with Crippen LogP contribution in [0.25, 0.3) is 11.3 Å². The number of ether oxygens (including phenoxy) is 1. The number of anilines is 1. The number of nitrogens with zero attached hydrogens (tertiary/aromatic N) is 3. The number of nitriles is 1. The zero-order valence-electron chi connectivity index (χ0n) is 16.1. The van der Waals surface area contributed by atoms with Gasteiger partial charge in [0.2, 0.25) is 0 Å². The fourth-order valence-electron chi connectivity index (χ4n) is 2.80. The molecule has 0 unspecified atom stereocenters. The highest BCUT2D eigenvalue weighted by atomic mass is 19.4. The lowest BCUT2D eigenvalue weighted by atomic mass is 10.1. The predicted molar refractivity (Wildman–Crippen MR) is 105 cm³/mol. The third-order valence-corrected chi connectivity index (χ3v) is 4.10. The van der Waals surface area contributed by atoms with Crippen molar-refractivity contribution in [1.29, 1.82) is 5.26 Å². The van der Waals surface area contributed by atoms with Crippen LogP contribution in [-0.2, 0) is 17.5 Å². The van der Waals surface area contributed by atoms with E-state index in [0.717, 1.165) is 12.1 Å². The fourth-order valence-corrected chi connectivity index (χ4v) is 2.80. The molecule has 1 N–H and O–H groups in total. The molecule has 3 aromatic rings. The Balaban J connectivity index is 1.79. The minimum Gasteiger partial charge on any atom is -0.455 e. The Hall–Kier alpha value is -3.64. The first-order chi connectivity index (χ1) is 14.3. The number of aromatic nitrogens is 1. The maximum atomic E-state index is 12.9. The Morgan fingerprint density at radius 1 is 1.27 bits per heavy atom. The summed E-state index contributed by atoms with van der Waals surface area (Å²) in [6.45, 7) is 2.03. The highest BCUT2D eigenvalue weighted by Crippen LogP contribution is 2.32. The van der Waals surface area contributed by atoms with Gasteiger partial charge in [-0.3, -0.25) is 5.43 Å². The average Bonchev–Trinajstić information content (AvgIpc) is 3.16. The molecule has 3 rings (SSSR count). The van der Waals surface area contributed by atoms with Crippen LogP contribution in [0.15, 0.2) is 52.0 Å². The van der Waals surface area contributed by atoms with Crippen LogP contribution in [0.1, 0.15) is 28.1 Å². The number of halogens is 3. The number of methoxy groups -OCH3 is 1. The molecule has 2 aromatic heterocycles. The summed E-state index contributed by atoms with van der Waals surface area (Å²) in [5.74, 6) is 0.861. The number of hydrogen-bond acceptors (Lipinski definition) is 6. The first kappa shape index (κ1) is 21.1. The molecule has 0 atom stereocenters. The third kappa shape index (κ3) is 4.85. The van der Waals surface area contributed by atoms with Gasteiger partial charge in [-0.1, -0.05) is 12.1 Å². The predicted octanol–water partition coefficient (Wildman–Crippen LogP) is 5.13. The zero-order chi connectivity index (χ0) is 21.7. The minimum atomic E-state index is -4.43. The van der Waals surface area contributed by atoms with Crippen LogP contribution in [0.5, 0.6) is 0 Å². The number of furan rings is 1. The van der Waals surface area contributed by atoms with Gasteiger partial charge in [0.25, 0.3) is 0 Å². The van der Waals surface area contributed by atoms with E-state index in [1.54, 1.807) is 25.1 Å². The molecule has 0 aliphatic heterocycles. The molecule has 0 aliphatic rings. The van der Waals surface area contributed by atoms with Crippen molar-refractivity contribution in [2.24, 2.45) is 5.10 Å². The highest BCUT2D eigenvalue weighted by molar-refractivity contribution is 5.78. The molecule has 0 saturated carbocycles. The van der Waals surface area contributed by atoms with Crippen LogP contribution in [-0.4, -0.2) is 18.3 Å². The standard InChI is InChI=1S/C21H17F3N4O2/c1-13-8-15(12-29-2)18(10-25)20(27-13)28-26-11-17-6-7-19(30-17)14-4-3-5-16(9-14)21(22,23)24/h3-9,11H,12H2,1-2H3,(H,27,28). The number of pyridine rings is 1. The van der Waals surface area contributed by atoms with E-state index in [-0.39, 0.29) is 18.2 Å². The van der Waals surface area contributed by atoms with Gasteiger partial charge in [-0.2, -0.15) is 23.5 Å². The summed E-state index contributed by atoms with van der Waals surface area (Å²) in [7, 11) is 1.53. The molecule has 6 nitrogen and oxygen atoms in total. The molecule has 0 bridgehead atoms. The first-order valence-electron chi connectivity index (χ1n) is 8.78. The van der Waals surface area contributed by atoms with Gasteiger partial charge in [0.15, 0.2) is 5.82 Å². The van der Waals surface area contributed by atoms with Crippen molar-refractivity contribution in [2.75, 3.05) is 12.5 Å². The number of aryl methyl sites for hydroxylation is 1. The molecule has 2 heterocycles. The van der Waals surface area contributed by atoms with Gasteiger partial charge < -0.3 is 9.15 Å². The molecule has 30 heavy (non-hydrogen) atoms. The largest absolute Gasteiger partial charge is 0.455 e. The quantitative estimate of drug-likeness (QED) is 0.446. The second-order valence-corrected chi connectivity index (χ2v) is 6.34. The number of alkyl halides is 3. The van der Waals surface area contributed by atoms with Crippen LogP contribution >= 0.6 is 0 Å². The van der Waals surface area contributed by atoms with Gasteiger partial charge in [0.1, 0.15) is 23.2 Å². The number of benzene rings is 1. The van der Waals surface area contributed by atoms with Crippen molar-refractivity contribution < 1.29 is 22.3 Å². The van der Waals surface area contributed by atoms with Crippen LogP contribution in [0.2, 0.25) is 0 Å². The smallest absolute Gasteiger partial charge is 0.416 e. The average molecular weight is 414 g/mol. The van der Waals surface area contributed by atoms with Gasteiger partial charge in [-0.15, -0.1) is 0 Å². The lowest BCUT2D eigenvalue weighted by Crippen LogP contribution is -2.04. The molecule has 0 spiro atoms. The number of hydrogen-bond donors (Lipinski definition) is 1. The monoisotopic (exact) mass is 414 g/mol. The van der Waals surface area contributed by atoms with Crippen molar-refractivity contribution in [2.45, 2.75) is 19.7 Å². The number of rotatable bonds is 6. The van der Waals surface area contributed by atoms with E-state index in [4.69, 9.17) is 9.15 Å². The van der Waals surface area contributed by atoms with Crippen LogP contribution in [0.4, 0.5) is 19.0 Å². The minimum absolute atomic E-state index is 0.253. The molecule has 0 amide bonds. The third-order valence-electron chi connectivity index (χ3n) is 4.10. The van der Waals surface area contributed by atoms with E-state index >= 15 is 0 Å². The SMILES string of the molecule is COCc1cc(C)nc(NN=Cc2ccc(-c3cccc(C(F)(F)F)c3)o2)c1C#N. The lowest BCUT2D eigenvalue weighted by molar-refractivity contribution is -0.137. The van der Waals surface area contributed by atoms with Crippen molar-refractivity contribution in [3.63, 3.8) is 0 Å². The van der Waals surface area contributed by atoms with Gasteiger partial charge in [-0.25, -0.2) is 4.98 Å². The lowest BCUT2D eigenvalue weighted by Gasteiger charge is -2.09. The Labute approximate surface area is 170 Å². The Kier molecular flexibility index (Phi) is 6.18. The van der Waals surface area contributed by atoms with E-state index in [1.807, 2.05) is 0 Å². The van der Waals surface area contributed by atoms with Crippen LogP contribution in [0, 0.1) is 18.3 Å². The second-order valence-electron chi connectivity index (χ2n) is 6.34. The Bertz CT molecular complexity index is 1110. The molecule has 0 saturated heterocycles. The van der Waals surface area contributed by atoms with Gasteiger partial charge in [0.05, 0.1) is 18.4 Å². The maximum Gasteiger partial charge on any atom is 0.416 e. The molecular weight excluding hydrogens is 397 g/mol. The summed E-state index contributed by atoms with van der Waals surface area (Å²) in [6.07, 6.45) is -3.09. The highest BCUT2D eigenvalue weighted by Gasteiger charge is 2.30. The van der Waals surface area contributed by atoms with Gasteiger partial charge in [0, 0.05) is 23.9 Å². The summed E-state index contributed by atoms with van der Waals surface area (Å²) in [6, 6.07) is 11.8. The van der Waals surface area contributed by atoms with Crippen LogP contribution in [0.3, 0.4) is 0 Å². The summed E-state index contributed by atoms with van der Waals surface area (Å²) >= 11 is 0. The van der Waals surface area contributed by atoms with Gasteiger partial charge >= 0.3 is 6.18 Å². The zero-order valence-corrected chi connectivity index (χ0v) is 16.1. The summed E-state index contributed by atoms with van der Waals surface area (Å²) < 4.78 is 49.3. The van der Waals surface area contributed by atoms with Crippen molar-refractivity contribution in [1.82, 2.24) is 4.98 Å². The second kappa shape index (κ2) is 8.80. The van der Waals surface area contributed by atoms with Crippen LogP contribution < -0.4 is 5.43 Å². The first-order valence-corrected chi connectivity index (χ1v) is 8.78. The topological polar surface area (TPSA) is 83.4 Å². The fraction of sp³-hybridized carbons (Fsp3) is 0.190. The van der Waals surface area contributed by atoms with Crippen molar-refractivity contribution in [3.05, 3.63) is 70.6 Å². The number of nitrogens with one attached hydrogen (secondary N) is 1. The Morgan fingerprint density at radius 3 is 2.77 bits per heavy atom. The van der Waals surface area contributed by atoms with E-state index in [1.165, 1.54) is 25.5 Å². The van der Waals surface area contributed by atoms with E-state index < -0.39 is 11.7 Å². The van der Waals surface area contributed by atoms with E-state index in [2.05, 4.69) is 21.6 Å². The molecule has 154 valence electrons. The van der Waals surface area contributed by atoms with Crippen molar-refractivity contribution in [3.8, 4) is 17.4 Å². The summed E-state index contributed by atoms with van der Waals surface area (Å²) in [5.41, 5.74) is 3.92. The summed E-state index contributed by atoms with van der Waals surface area (Å²) in [5, 5.41) is 13.4. The molecule has 0 fully saturated rings. The summed E-state index contributed by atoms with van der Waals surface area (Å²) in [4.78, 5) is 4.26. The van der Waals surface area contributed by atoms with E-state index in [0.29, 0.717) is 28.1 Å². The Morgan fingerprint density at radius 2 is 2.07 bits per heavy atom. The van der Waals surface area contributed by atoms with E-state index in [9.17, 15) is 18.4 Å². The van der Waals surface area contributed by atoms with Gasteiger partial charge in [-0.05, 0) is 37.3 Å². The molecule has 0 aliphatic carbocycles. The number of hydrazone groups is 1. The normalized spacial score (nSPS) is 11.6.